The third-order valence-corrected chi connectivity index (χ3v) is 3.47. The first-order valence-corrected chi connectivity index (χ1v) is 6.29. The van der Waals surface area contributed by atoms with Crippen molar-refractivity contribution in [1.29, 1.82) is 0 Å². The van der Waals surface area contributed by atoms with Crippen LogP contribution in [0.4, 0.5) is 0 Å². The Morgan fingerprint density at radius 1 is 1.81 bits per heavy atom. The number of hydrogen-bond acceptors (Lipinski definition) is 5. The molecule has 0 spiro atoms. The number of nitrogens with zero attached hydrogens (tertiary/aromatic N) is 3. The van der Waals surface area contributed by atoms with Crippen molar-refractivity contribution in [2.75, 3.05) is 11.6 Å². The molecule has 0 aromatic carbocycles. The van der Waals surface area contributed by atoms with Gasteiger partial charge in [0.1, 0.15) is 6.33 Å². The van der Waals surface area contributed by atoms with Crippen molar-refractivity contribution < 1.29 is 4.79 Å². The Bertz CT molecular complexity index is 374. The summed E-state index contributed by atoms with van der Waals surface area (Å²) in [6.45, 7) is 1.91. The monoisotopic (exact) mass is 241 g/mol. The minimum absolute atomic E-state index is 0.0282. The number of carbonyl (C=O) groups is 1. The molecule has 7 heteroatoms. The Labute approximate surface area is 98.2 Å². The van der Waals surface area contributed by atoms with E-state index in [1.165, 1.54) is 0 Å². The lowest BCUT2D eigenvalue weighted by atomic mass is 10.2. The van der Waals surface area contributed by atoms with E-state index in [9.17, 15) is 4.79 Å². The zero-order valence-corrected chi connectivity index (χ0v) is 10.1. The summed E-state index contributed by atoms with van der Waals surface area (Å²) in [5, 5.41) is 13.8. The first kappa shape index (κ1) is 11.4. The maximum absolute atomic E-state index is 11.8. The zero-order chi connectivity index (χ0) is 11.5. The first-order chi connectivity index (χ1) is 7.68. The largest absolute Gasteiger partial charge is 0.345 e. The molecule has 0 saturated carbocycles. The van der Waals surface area contributed by atoms with Gasteiger partial charge in [0.15, 0.2) is 5.82 Å². The van der Waals surface area contributed by atoms with E-state index in [0.29, 0.717) is 0 Å². The van der Waals surface area contributed by atoms with E-state index in [1.807, 2.05) is 18.5 Å². The number of amides is 1. The maximum atomic E-state index is 11.8. The standard InChI is InChI=1S/C9H15N5OS/c1-6(8-13-11-4-14(8)2)12-9(15)7-3-16-5-10-7/h4,6-7,10H,3,5H2,1-2H3,(H,12,15). The summed E-state index contributed by atoms with van der Waals surface area (Å²) in [4.78, 5) is 11.8. The van der Waals surface area contributed by atoms with Crippen molar-refractivity contribution in [2.45, 2.75) is 19.0 Å². The van der Waals surface area contributed by atoms with Crippen molar-refractivity contribution in [2.24, 2.45) is 7.05 Å². The summed E-state index contributed by atoms with van der Waals surface area (Å²) in [5.41, 5.74) is 0. The molecule has 1 aliphatic rings. The van der Waals surface area contributed by atoms with E-state index < -0.39 is 0 Å². The molecule has 2 unspecified atom stereocenters. The molecular weight excluding hydrogens is 226 g/mol. The van der Waals surface area contributed by atoms with Crippen LogP contribution in [0.2, 0.25) is 0 Å². The summed E-state index contributed by atoms with van der Waals surface area (Å²) >= 11 is 1.73. The van der Waals surface area contributed by atoms with Crippen molar-refractivity contribution in [3.05, 3.63) is 12.2 Å². The van der Waals surface area contributed by atoms with Crippen LogP contribution in [0.15, 0.2) is 6.33 Å². The zero-order valence-electron chi connectivity index (χ0n) is 9.30. The van der Waals surface area contributed by atoms with Gasteiger partial charge in [0, 0.05) is 18.7 Å². The highest BCUT2D eigenvalue weighted by atomic mass is 32.2. The fraction of sp³-hybridized carbons (Fsp3) is 0.667. The summed E-state index contributed by atoms with van der Waals surface area (Å²) in [7, 11) is 1.86. The highest BCUT2D eigenvalue weighted by Crippen LogP contribution is 2.12. The summed E-state index contributed by atoms with van der Waals surface area (Å²) in [6, 6.07) is -0.201. The van der Waals surface area contributed by atoms with Gasteiger partial charge in [-0.2, -0.15) is 0 Å². The second-order valence-electron chi connectivity index (χ2n) is 3.80. The Hall–Kier alpha value is -1.08. The molecule has 0 aliphatic carbocycles. The molecule has 0 radical (unpaired) electrons. The highest BCUT2D eigenvalue weighted by molar-refractivity contribution is 7.99. The van der Waals surface area contributed by atoms with Gasteiger partial charge < -0.3 is 9.88 Å². The Morgan fingerprint density at radius 3 is 3.19 bits per heavy atom. The minimum Gasteiger partial charge on any atom is -0.345 e. The van der Waals surface area contributed by atoms with E-state index in [1.54, 1.807) is 18.1 Å². The molecule has 2 atom stereocenters. The number of hydrogen-bond donors (Lipinski definition) is 2. The van der Waals surface area contributed by atoms with Crippen LogP contribution in [-0.2, 0) is 11.8 Å². The SMILES string of the molecule is CC(NC(=O)C1CSCN1)c1nncn1C. The molecule has 0 bridgehead atoms. The van der Waals surface area contributed by atoms with Crippen LogP contribution in [0.5, 0.6) is 0 Å². The fourth-order valence-electron chi connectivity index (χ4n) is 1.63. The number of aryl methyl sites for hydroxylation is 1. The molecule has 1 fully saturated rings. The molecule has 2 heterocycles. The van der Waals surface area contributed by atoms with Crippen molar-refractivity contribution in [1.82, 2.24) is 25.4 Å². The summed E-state index contributed by atoms with van der Waals surface area (Å²) in [5.74, 6) is 2.47. The van der Waals surface area contributed by atoms with E-state index in [-0.39, 0.29) is 18.0 Å². The van der Waals surface area contributed by atoms with Crippen molar-refractivity contribution in [3.63, 3.8) is 0 Å². The highest BCUT2D eigenvalue weighted by Gasteiger charge is 2.24. The Balaban J connectivity index is 1.94. The van der Waals surface area contributed by atoms with Gasteiger partial charge in [0.25, 0.3) is 0 Å². The molecule has 1 aliphatic heterocycles. The van der Waals surface area contributed by atoms with Crippen LogP contribution in [0.3, 0.4) is 0 Å². The first-order valence-electron chi connectivity index (χ1n) is 5.14. The molecule has 16 heavy (non-hydrogen) atoms. The van der Waals surface area contributed by atoms with E-state index >= 15 is 0 Å². The predicted octanol–water partition coefficient (Wildman–Crippen LogP) is -0.345. The third-order valence-electron chi connectivity index (χ3n) is 2.53. The van der Waals surface area contributed by atoms with Gasteiger partial charge in [-0.3, -0.25) is 10.1 Å². The quantitative estimate of drug-likeness (QED) is 0.757. The lowest BCUT2D eigenvalue weighted by molar-refractivity contribution is -0.123. The predicted molar refractivity (Wildman–Crippen MR) is 61.8 cm³/mol. The molecule has 2 rings (SSSR count). The number of thioether (sulfide) groups is 1. The Kier molecular flexibility index (Phi) is 3.45. The van der Waals surface area contributed by atoms with Gasteiger partial charge >= 0.3 is 0 Å². The second-order valence-corrected chi connectivity index (χ2v) is 4.83. The number of aromatic nitrogens is 3. The van der Waals surface area contributed by atoms with E-state index in [2.05, 4.69) is 20.8 Å². The molecular formula is C9H15N5OS. The molecule has 6 nitrogen and oxygen atoms in total. The summed E-state index contributed by atoms with van der Waals surface area (Å²) in [6.07, 6.45) is 1.63. The Morgan fingerprint density at radius 2 is 2.62 bits per heavy atom. The number of rotatable bonds is 3. The molecule has 88 valence electrons. The molecule has 1 saturated heterocycles. The maximum Gasteiger partial charge on any atom is 0.238 e. The number of carbonyl (C=O) groups excluding carboxylic acids is 1. The van der Waals surface area contributed by atoms with Gasteiger partial charge in [-0.05, 0) is 6.92 Å². The average molecular weight is 241 g/mol. The van der Waals surface area contributed by atoms with Gasteiger partial charge in [-0.15, -0.1) is 22.0 Å². The van der Waals surface area contributed by atoms with Crippen LogP contribution >= 0.6 is 11.8 Å². The number of nitrogens with one attached hydrogen (secondary N) is 2. The second kappa shape index (κ2) is 4.84. The van der Waals surface area contributed by atoms with Gasteiger partial charge in [-0.1, -0.05) is 0 Å². The van der Waals surface area contributed by atoms with Gasteiger partial charge in [0.05, 0.1) is 12.1 Å². The van der Waals surface area contributed by atoms with Crippen LogP contribution in [0, 0.1) is 0 Å². The minimum atomic E-state index is -0.118. The van der Waals surface area contributed by atoms with Crippen LogP contribution < -0.4 is 10.6 Å². The molecule has 1 aromatic rings. The summed E-state index contributed by atoms with van der Waals surface area (Å²) < 4.78 is 1.81. The molecule has 1 amide bonds. The van der Waals surface area contributed by atoms with Crippen LogP contribution in [-0.4, -0.2) is 38.3 Å². The van der Waals surface area contributed by atoms with Crippen molar-refractivity contribution >= 4 is 17.7 Å². The van der Waals surface area contributed by atoms with E-state index in [4.69, 9.17) is 0 Å². The van der Waals surface area contributed by atoms with Gasteiger partial charge in [-0.25, -0.2) is 0 Å². The normalized spacial score (nSPS) is 22.0. The van der Waals surface area contributed by atoms with E-state index in [0.717, 1.165) is 17.5 Å². The van der Waals surface area contributed by atoms with Crippen LogP contribution in [0.1, 0.15) is 18.8 Å². The molecule has 2 N–H and O–H groups in total. The van der Waals surface area contributed by atoms with Crippen molar-refractivity contribution in [3.8, 4) is 0 Å². The van der Waals surface area contributed by atoms with Gasteiger partial charge in [0.2, 0.25) is 5.91 Å². The lowest BCUT2D eigenvalue weighted by Crippen LogP contribution is -2.43. The topological polar surface area (TPSA) is 71.8 Å². The smallest absolute Gasteiger partial charge is 0.238 e. The third kappa shape index (κ3) is 2.35. The molecule has 1 aromatic heterocycles. The van der Waals surface area contributed by atoms with Crippen LogP contribution in [0.25, 0.3) is 0 Å². The fourth-order valence-corrected chi connectivity index (χ4v) is 2.57. The lowest BCUT2D eigenvalue weighted by Gasteiger charge is -2.15. The average Bonchev–Trinajstić information content (AvgIpc) is 2.86.